The molecule has 0 saturated heterocycles. The smallest absolute Gasteiger partial charge is 0.171 e. The standard InChI is InChI=1S/C12H9IN2S2/c1-6-7(2)17-12-9(6)10(13)14-11(15-12)8-4-3-5-16-8/h3-5H,1-2H3. The molecule has 0 N–H and O–H groups in total. The molecule has 3 rings (SSSR count). The van der Waals surface area contributed by atoms with Gasteiger partial charge in [-0.05, 0) is 53.4 Å². The summed E-state index contributed by atoms with van der Waals surface area (Å²) in [7, 11) is 0. The van der Waals surface area contributed by atoms with Gasteiger partial charge in [-0.2, -0.15) is 0 Å². The minimum absolute atomic E-state index is 0.846. The summed E-state index contributed by atoms with van der Waals surface area (Å²) in [6.45, 7) is 4.28. The number of halogens is 1. The quantitative estimate of drug-likeness (QED) is 0.459. The zero-order chi connectivity index (χ0) is 12.0. The highest BCUT2D eigenvalue weighted by Crippen LogP contribution is 2.33. The predicted molar refractivity (Wildman–Crippen MR) is 82.9 cm³/mol. The first kappa shape index (κ1) is 11.6. The van der Waals surface area contributed by atoms with Crippen LogP contribution in [0.2, 0.25) is 0 Å². The minimum Gasteiger partial charge on any atom is -0.220 e. The molecule has 0 radical (unpaired) electrons. The fourth-order valence-corrected chi connectivity index (χ4v) is 4.47. The fraction of sp³-hybridized carbons (Fsp3) is 0.167. The third-order valence-electron chi connectivity index (χ3n) is 2.73. The van der Waals surface area contributed by atoms with E-state index in [1.54, 1.807) is 22.7 Å². The second-order valence-electron chi connectivity index (χ2n) is 3.78. The molecule has 5 heteroatoms. The molecule has 0 aliphatic rings. The average Bonchev–Trinajstić information content (AvgIpc) is 2.88. The molecule has 2 nitrogen and oxygen atoms in total. The molecule has 0 spiro atoms. The number of aromatic nitrogens is 2. The fourth-order valence-electron chi connectivity index (χ4n) is 1.72. The van der Waals surface area contributed by atoms with Gasteiger partial charge in [0.2, 0.25) is 0 Å². The Kier molecular flexibility index (Phi) is 2.92. The Balaban J connectivity index is 2.32. The topological polar surface area (TPSA) is 25.8 Å². The maximum atomic E-state index is 4.67. The van der Waals surface area contributed by atoms with Crippen molar-refractivity contribution >= 4 is 55.5 Å². The van der Waals surface area contributed by atoms with E-state index >= 15 is 0 Å². The highest BCUT2D eigenvalue weighted by molar-refractivity contribution is 14.1. The van der Waals surface area contributed by atoms with Crippen molar-refractivity contribution in [3.05, 3.63) is 31.7 Å². The molecule has 0 aromatic carbocycles. The van der Waals surface area contributed by atoms with Crippen LogP contribution in [0.1, 0.15) is 10.4 Å². The zero-order valence-corrected chi connectivity index (χ0v) is 13.1. The van der Waals surface area contributed by atoms with Crippen LogP contribution in [-0.2, 0) is 0 Å². The second kappa shape index (κ2) is 4.29. The first-order valence-electron chi connectivity index (χ1n) is 5.14. The summed E-state index contributed by atoms with van der Waals surface area (Å²) in [5, 5.41) is 3.27. The maximum Gasteiger partial charge on any atom is 0.171 e. The Morgan fingerprint density at radius 1 is 1.24 bits per heavy atom. The van der Waals surface area contributed by atoms with Crippen molar-refractivity contribution in [1.29, 1.82) is 0 Å². The SMILES string of the molecule is Cc1sc2nc(-c3cccs3)nc(I)c2c1C. The molecule has 3 aromatic heterocycles. The minimum atomic E-state index is 0.846. The Morgan fingerprint density at radius 2 is 2.06 bits per heavy atom. The van der Waals surface area contributed by atoms with Crippen LogP contribution in [0.5, 0.6) is 0 Å². The van der Waals surface area contributed by atoms with Crippen molar-refractivity contribution in [2.45, 2.75) is 13.8 Å². The number of nitrogens with zero attached hydrogens (tertiary/aromatic N) is 2. The van der Waals surface area contributed by atoms with E-state index in [1.807, 2.05) is 6.07 Å². The van der Waals surface area contributed by atoms with E-state index in [0.717, 1.165) is 19.2 Å². The maximum absolute atomic E-state index is 4.67. The van der Waals surface area contributed by atoms with E-state index in [2.05, 4.69) is 57.9 Å². The van der Waals surface area contributed by atoms with E-state index < -0.39 is 0 Å². The van der Waals surface area contributed by atoms with E-state index in [-0.39, 0.29) is 0 Å². The Hall–Kier alpha value is -0.530. The van der Waals surface area contributed by atoms with Crippen LogP contribution in [0.15, 0.2) is 17.5 Å². The van der Waals surface area contributed by atoms with Gasteiger partial charge in [0.1, 0.15) is 8.53 Å². The van der Waals surface area contributed by atoms with Gasteiger partial charge in [-0.25, -0.2) is 9.97 Å². The largest absolute Gasteiger partial charge is 0.220 e. The van der Waals surface area contributed by atoms with Crippen LogP contribution in [0, 0.1) is 17.5 Å². The molecular weight excluding hydrogens is 363 g/mol. The Bertz CT molecular complexity index is 686. The van der Waals surface area contributed by atoms with E-state index in [9.17, 15) is 0 Å². The molecular formula is C12H9IN2S2. The van der Waals surface area contributed by atoms with E-state index in [4.69, 9.17) is 0 Å². The van der Waals surface area contributed by atoms with Gasteiger partial charge in [-0.3, -0.25) is 0 Å². The summed E-state index contributed by atoms with van der Waals surface area (Å²) in [5.74, 6) is 0.846. The molecule has 0 atom stereocenters. The molecule has 17 heavy (non-hydrogen) atoms. The van der Waals surface area contributed by atoms with Crippen molar-refractivity contribution in [3.63, 3.8) is 0 Å². The van der Waals surface area contributed by atoms with Crippen molar-refractivity contribution in [2.24, 2.45) is 0 Å². The van der Waals surface area contributed by atoms with Crippen molar-refractivity contribution in [1.82, 2.24) is 9.97 Å². The van der Waals surface area contributed by atoms with Crippen LogP contribution in [-0.4, -0.2) is 9.97 Å². The number of rotatable bonds is 1. The zero-order valence-electron chi connectivity index (χ0n) is 9.32. The Morgan fingerprint density at radius 3 is 2.76 bits per heavy atom. The molecule has 0 unspecified atom stereocenters. The average molecular weight is 372 g/mol. The lowest BCUT2D eigenvalue weighted by molar-refractivity contribution is 1.21. The monoisotopic (exact) mass is 372 g/mol. The summed E-state index contributed by atoms with van der Waals surface area (Å²) in [6, 6.07) is 4.10. The highest BCUT2D eigenvalue weighted by atomic mass is 127. The van der Waals surface area contributed by atoms with Crippen LogP contribution in [0.4, 0.5) is 0 Å². The first-order chi connectivity index (χ1) is 8.16. The molecule has 0 aliphatic carbocycles. The van der Waals surface area contributed by atoms with Gasteiger partial charge in [0.25, 0.3) is 0 Å². The van der Waals surface area contributed by atoms with Gasteiger partial charge in [-0.15, -0.1) is 22.7 Å². The van der Waals surface area contributed by atoms with Gasteiger partial charge >= 0.3 is 0 Å². The lowest BCUT2D eigenvalue weighted by Gasteiger charge is -1.99. The van der Waals surface area contributed by atoms with Crippen molar-refractivity contribution in [2.75, 3.05) is 0 Å². The van der Waals surface area contributed by atoms with Crippen molar-refractivity contribution in [3.8, 4) is 10.7 Å². The molecule has 86 valence electrons. The third kappa shape index (κ3) is 1.90. The summed E-state index contributed by atoms with van der Waals surface area (Å²) >= 11 is 5.74. The Labute approximate surface area is 121 Å². The molecule has 0 fully saturated rings. The molecule has 0 aliphatic heterocycles. The predicted octanol–water partition coefficient (Wildman–Crippen LogP) is 4.64. The summed E-state index contributed by atoms with van der Waals surface area (Å²) in [6.07, 6.45) is 0. The lowest BCUT2D eigenvalue weighted by Crippen LogP contribution is -1.91. The van der Waals surface area contributed by atoms with Gasteiger partial charge < -0.3 is 0 Å². The summed E-state index contributed by atoms with van der Waals surface area (Å²) in [5.41, 5.74) is 1.31. The lowest BCUT2D eigenvalue weighted by atomic mass is 10.2. The van der Waals surface area contributed by atoms with Gasteiger partial charge in [0.15, 0.2) is 5.82 Å². The van der Waals surface area contributed by atoms with Crippen LogP contribution >= 0.6 is 45.3 Å². The summed E-state index contributed by atoms with van der Waals surface area (Å²) in [4.78, 5) is 12.8. The number of thiophene rings is 2. The van der Waals surface area contributed by atoms with Crippen LogP contribution < -0.4 is 0 Å². The van der Waals surface area contributed by atoms with E-state index in [0.29, 0.717) is 0 Å². The van der Waals surface area contributed by atoms with E-state index in [1.165, 1.54) is 15.8 Å². The number of hydrogen-bond donors (Lipinski definition) is 0. The van der Waals surface area contributed by atoms with Gasteiger partial charge in [0.05, 0.1) is 4.88 Å². The van der Waals surface area contributed by atoms with Crippen LogP contribution in [0.3, 0.4) is 0 Å². The first-order valence-corrected chi connectivity index (χ1v) is 7.91. The van der Waals surface area contributed by atoms with Crippen molar-refractivity contribution < 1.29 is 0 Å². The molecule has 0 amide bonds. The molecule has 3 heterocycles. The number of fused-ring (bicyclic) bond motifs is 1. The molecule has 0 bridgehead atoms. The summed E-state index contributed by atoms with van der Waals surface area (Å²) < 4.78 is 1.05. The van der Waals surface area contributed by atoms with Gasteiger partial charge in [-0.1, -0.05) is 6.07 Å². The highest BCUT2D eigenvalue weighted by Gasteiger charge is 2.13. The number of aryl methyl sites for hydroxylation is 2. The molecule has 3 aromatic rings. The second-order valence-corrected chi connectivity index (χ2v) is 6.95. The number of hydrogen-bond acceptors (Lipinski definition) is 4. The normalized spacial score (nSPS) is 11.2. The van der Waals surface area contributed by atoms with Crippen LogP contribution in [0.25, 0.3) is 20.9 Å². The third-order valence-corrected chi connectivity index (χ3v) is 5.47. The van der Waals surface area contributed by atoms with Gasteiger partial charge in [0, 0.05) is 10.3 Å². The molecule has 0 saturated carbocycles.